The molecule has 0 spiro atoms. The third-order valence-corrected chi connectivity index (χ3v) is 6.20. The van der Waals surface area contributed by atoms with Crippen molar-refractivity contribution in [3.63, 3.8) is 0 Å². The molecule has 7 heteroatoms. The molecule has 1 N–H and O–H groups in total. The Morgan fingerprint density at radius 1 is 0.882 bits per heavy atom. The van der Waals surface area contributed by atoms with Crippen LogP contribution in [0.1, 0.15) is 16.7 Å². The van der Waals surface area contributed by atoms with Gasteiger partial charge in [0.1, 0.15) is 13.2 Å². The van der Waals surface area contributed by atoms with Crippen LogP contribution in [0.25, 0.3) is 0 Å². The van der Waals surface area contributed by atoms with Crippen molar-refractivity contribution in [2.45, 2.75) is 18.5 Å². The summed E-state index contributed by atoms with van der Waals surface area (Å²) in [5, 5.41) is 3.02. The zero-order valence-corrected chi connectivity index (χ0v) is 19.1. The van der Waals surface area contributed by atoms with Gasteiger partial charge in [-0.3, -0.25) is 9.69 Å². The Morgan fingerprint density at radius 2 is 1.56 bits per heavy atom. The number of nitrogens with zero attached hydrogens (tertiary/aromatic N) is 2. The van der Waals surface area contributed by atoms with E-state index in [-0.39, 0.29) is 18.6 Å². The van der Waals surface area contributed by atoms with Gasteiger partial charge < -0.3 is 14.8 Å². The van der Waals surface area contributed by atoms with E-state index in [0.717, 1.165) is 28.2 Å². The minimum atomic E-state index is -1.14. The smallest absolute Gasteiger partial charge is 0.326 e. The van der Waals surface area contributed by atoms with Crippen LogP contribution >= 0.6 is 0 Å². The van der Waals surface area contributed by atoms with Crippen molar-refractivity contribution >= 4 is 11.9 Å². The molecule has 0 bridgehead atoms. The number of rotatable bonds is 7. The van der Waals surface area contributed by atoms with Crippen LogP contribution in [0.4, 0.5) is 4.79 Å². The molecule has 0 saturated carbocycles. The third-order valence-electron chi connectivity index (χ3n) is 6.20. The summed E-state index contributed by atoms with van der Waals surface area (Å²) in [5.74, 6) is 1.21. The summed E-state index contributed by atoms with van der Waals surface area (Å²) in [6.45, 7) is 1.79. The Bertz CT molecular complexity index is 1180. The van der Waals surface area contributed by atoms with Gasteiger partial charge in [-0.1, -0.05) is 66.7 Å². The van der Waals surface area contributed by atoms with Gasteiger partial charge in [0.05, 0.1) is 6.67 Å². The van der Waals surface area contributed by atoms with Crippen LogP contribution in [0.5, 0.6) is 11.5 Å². The van der Waals surface area contributed by atoms with Crippen LogP contribution in [0, 0.1) is 0 Å². The summed E-state index contributed by atoms with van der Waals surface area (Å²) >= 11 is 0. The molecule has 0 aromatic heterocycles. The summed E-state index contributed by atoms with van der Waals surface area (Å²) in [4.78, 5) is 30.1. The first-order valence-electron chi connectivity index (χ1n) is 11.4. The highest BCUT2D eigenvalue weighted by Crippen LogP contribution is 2.34. The van der Waals surface area contributed by atoms with Gasteiger partial charge in [0, 0.05) is 13.0 Å². The maximum atomic E-state index is 13.8. The number of nitrogens with one attached hydrogen (secondary N) is 1. The molecule has 34 heavy (non-hydrogen) atoms. The highest BCUT2D eigenvalue weighted by Gasteiger charge is 2.52. The maximum Gasteiger partial charge on any atom is 0.326 e. The third kappa shape index (κ3) is 4.22. The molecule has 7 nitrogen and oxygen atoms in total. The van der Waals surface area contributed by atoms with Crippen molar-refractivity contribution in [2.24, 2.45) is 0 Å². The fourth-order valence-corrected chi connectivity index (χ4v) is 4.59. The topological polar surface area (TPSA) is 71.1 Å². The van der Waals surface area contributed by atoms with Gasteiger partial charge in [0.25, 0.3) is 5.91 Å². The van der Waals surface area contributed by atoms with Crippen LogP contribution in [0.2, 0.25) is 0 Å². The Kier molecular flexibility index (Phi) is 5.94. The number of imide groups is 1. The summed E-state index contributed by atoms with van der Waals surface area (Å²) in [6, 6.07) is 24.6. The van der Waals surface area contributed by atoms with Gasteiger partial charge in [0.2, 0.25) is 0 Å². The van der Waals surface area contributed by atoms with E-state index < -0.39 is 5.54 Å². The molecule has 174 valence electrons. The van der Waals surface area contributed by atoms with E-state index in [1.54, 1.807) is 0 Å². The SMILES string of the molecule is CN(Cc1ccc2c(c1)OCCO2)CN1C(=O)NC(Cc2ccccc2)(c2ccccc2)C1=O. The Balaban J connectivity index is 1.36. The molecule has 2 aliphatic heterocycles. The second-order valence-corrected chi connectivity index (χ2v) is 8.73. The van der Waals surface area contributed by atoms with E-state index in [1.165, 1.54) is 4.90 Å². The van der Waals surface area contributed by atoms with Gasteiger partial charge in [-0.25, -0.2) is 9.69 Å². The number of carbonyl (C=O) groups excluding carboxylic acids is 2. The van der Waals surface area contributed by atoms with E-state index >= 15 is 0 Å². The molecular formula is C27H27N3O4. The van der Waals surface area contributed by atoms with E-state index in [1.807, 2.05) is 90.8 Å². The number of benzene rings is 3. The average Bonchev–Trinajstić information content (AvgIpc) is 3.10. The lowest BCUT2D eigenvalue weighted by Crippen LogP contribution is -2.46. The first-order valence-corrected chi connectivity index (χ1v) is 11.4. The standard InChI is InChI=1S/C27H27N3O4/c1-29(18-21-12-13-23-24(16-21)34-15-14-33-23)19-30-25(31)27(28-26(30)32,22-10-6-3-7-11-22)17-20-8-4-2-5-9-20/h2-13,16H,14-15,17-19H2,1H3,(H,28,32). The summed E-state index contributed by atoms with van der Waals surface area (Å²) in [5.41, 5.74) is 1.62. The van der Waals surface area contributed by atoms with Crippen molar-refractivity contribution in [1.29, 1.82) is 0 Å². The summed E-state index contributed by atoms with van der Waals surface area (Å²) in [7, 11) is 1.89. The van der Waals surface area contributed by atoms with Crippen molar-refractivity contribution < 1.29 is 19.1 Å². The van der Waals surface area contributed by atoms with Crippen molar-refractivity contribution in [3.8, 4) is 11.5 Å². The highest BCUT2D eigenvalue weighted by molar-refractivity contribution is 6.07. The molecule has 3 aromatic carbocycles. The lowest BCUT2D eigenvalue weighted by atomic mass is 9.83. The van der Waals surface area contributed by atoms with E-state index in [4.69, 9.17) is 9.47 Å². The number of ether oxygens (including phenoxy) is 2. The molecule has 1 atom stereocenters. The first kappa shape index (κ1) is 22.0. The summed E-state index contributed by atoms with van der Waals surface area (Å²) < 4.78 is 11.3. The van der Waals surface area contributed by atoms with E-state index in [2.05, 4.69) is 5.32 Å². The molecule has 1 fully saturated rings. The fraction of sp³-hybridized carbons (Fsp3) is 0.259. The second-order valence-electron chi connectivity index (χ2n) is 8.73. The quantitative estimate of drug-likeness (QED) is 0.550. The first-order chi connectivity index (χ1) is 16.5. The normalized spacial score (nSPS) is 19.4. The zero-order chi connectivity index (χ0) is 23.5. The molecule has 0 radical (unpaired) electrons. The number of carbonyl (C=O) groups is 2. The summed E-state index contributed by atoms with van der Waals surface area (Å²) in [6.07, 6.45) is 0.380. The molecule has 1 saturated heterocycles. The lowest BCUT2D eigenvalue weighted by molar-refractivity contribution is -0.133. The van der Waals surface area contributed by atoms with Gasteiger partial charge in [0.15, 0.2) is 17.0 Å². The van der Waals surface area contributed by atoms with Gasteiger partial charge in [-0.2, -0.15) is 0 Å². The monoisotopic (exact) mass is 457 g/mol. The predicted octanol–water partition coefficient (Wildman–Crippen LogP) is 3.54. The number of fused-ring (bicyclic) bond motifs is 1. The van der Waals surface area contributed by atoms with Crippen LogP contribution in [-0.2, 0) is 23.3 Å². The van der Waals surface area contributed by atoms with Crippen LogP contribution in [-0.4, -0.2) is 48.7 Å². The largest absolute Gasteiger partial charge is 0.486 e. The predicted molar refractivity (Wildman–Crippen MR) is 127 cm³/mol. The number of hydrogen-bond donors (Lipinski definition) is 1. The molecule has 1 unspecified atom stereocenters. The van der Waals surface area contributed by atoms with Crippen LogP contribution in [0.15, 0.2) is 78.9 Å². The average molecular weight is 458 g/mol. The maximum absolute atomic E-state index is 13.8. The minimum absolute atomic E-state index is 0.169. The fourth-order valence-electron chi connectivity index (χ4n) is 4.59. The molecule has 0 aliphatic carbocycles. The number of amides is 3. The number of urea groups is 1. The van der Waals surface area contributed by atoms with Gasteiger partial charge in [-0.15, -0.1) is 0 Å². The van der Waals surface area contributed by atoms with Crippen molar-refractivity contribution in [1.82, 2.24) is 15.1 Å². The van der Waals surface area contributed by atoms with E-state index in [9.17, 15) is 9.59 Å². The van der Waals surface area contributed by atoms with Crippen LogP contribution in [0.3, 0.4) is 0 Å². The van der Waals surface area contributed by atoms with E-state index in [0.29, 0.717) is 26.2 Å². The van der Waals surface area contributed by atoms with Crippen molar-refractivity contribution in [3.05, 3.63) is 95.6 Å². The molecule has 5 rings (SSSR count). The molecule has 2 aliphatic rings. The Labute approximate surface area is 198 Å². The number of hydrogen-bond acceptors (Lipinski definition) is 5. The Morgan fingerprint density at radius 3 is 2.29 bits per heavy atom. The minimum Gasteiger partial charge on any atom is -0.486 e. The van der Waals surface area contributed by atoms with Crippen molar-refractivity contribution in [2.75, 3.05) is 26.9 Å². The second kappa shape index (κ2) is 9.19. The Hall–Kier alpha value is -3.84. The highest BCUT2D eigenvalue weighted by atomic mass is 16.6. The van der Waals surface area contributed by atoms with Gasteiger partial charge >= 0.3 is 6.03 Å². The molecule has 2 heterocycles. The molecular weight excluding hydrogens is 430 g/mol. The van der Waals surface area contributed by atoms with Gasteiger partial charge in [-0.05, 0) is 35.9 Å². The zero-order valence-electron chi connectivity index (χ0n) is 19.1. The van der Waals surface area contributed by atoms with Crippen LogP contribution < -0.4 is 14.8 Å². The molecule has 3 amide bonds. The lowest BCUT2D eigenvalue weighted by Gasteiger charge is -2.28. The molecule has 3 aromatic rings.